The summed E-state index contributed by atoms with van der Waals surface area (Å²) in [6.07, 6.45) is 3.19. The van der Waals surface area contributed by atoms with Gasteiger partial charge in [-0.15, -0.1) is 0 Å². The predicted molar refractivity (Wildman–Crippen MR) is 66.5 cm³/mol. The molecule has 0 amide bonds. The largest absolute Gasteiger partial charge is 0.549 e. The summed E-state index contributed by atoms with van der Waals surface area (Å²) in [6.45, 7) is 2.13. The number of carboxylic acid groups (broad SMARTS) is 1. The number of rotatable bonds is 8. The lowest BCUT2D eigenvalue weighted by molar-refractivity contribution is -0.873. The molecule has 0 aromatic heterocycles. The van der Waals surface area contributed by atoms with Crippen LogP contribution in [-0.4, -0.2) is 55.1 Å². The summed E-state index contributed by atoms with van der Waals surface area (Å²) in [5.41, 5.74) is 0. The van der Waals surface area contributed by atoms with Crippen LogP contribution in [0.25, 0.3) is 0 Å². The molecule has 0 fully saturated rings. The summed E-state index contributed by atoms with van der Waals surface area (Å²) in [4.78, 5) is 22.7. The van der Waals surface area contributed by atoms with Gasteiger partial charge in [0.1, 0.15) is 12.6 Å². The molecule has 5 nitrogen and oxygen atoms in total. The number of aliphatic carboxylic acids is 1. The van der Waals surface area contributed by atoms with Crippen LogP contribution < -0.4 is 5.11 Å². The van der Waals surface area contributed by atoms with E-state index in [4.69, 9.17) is 0 Å². The topological polar surface area (TPSA) is 77.4 Å². The van der Waals surface area contributed by atoms with Gasteiger partial charge in [-0.2, -0.15) is 0 Å². The molecule has 0 aromatic carbocycles. The Morgan fingerprint density at radius 3 is 2.28 bits per heavy atom. The molecule has 0 aliphatic heterocycles. The maximum absolute atomic E-state index is 11.7. The van der Waals surface area contributed by atoms with Crippen molar-refractivity contribution in [2.75, 3.05) is 27.7 Å². The first kappa shape index (κ1) is 16.8. The molecule has 0 saturated carbocycles. The average Bonchev–Trinajstić information content (AvgIpc) is 2.14. The van der Waals surface area contributed by atoms with Gasteiger partial charge in [-0.25, -0.2) is 0 Å². The number of allylic oxidation sites excluding steroid dienone is 2. The molecule has 0 aliphatic carbocycles. The van der Waals surface area contributed by atoms with Crippen molar-refractivity contribution in [3.8, 4) is 0 Å². The van der Waals surface area contributed by atoms with E-state index >= 15 is 0 Å². The number of ketones is 1. The molecule has 1 N–H and O–H groups in total. The lowest BCUT2D eigenvalue weighted by Gasteiger charge is -2.30. The molecule has 0 aliphatic rings. The molecule has 2 unspecified atom stereocenters. The second kappa shape index (κ2) is 7.28. The monoisotopic (exact) mass is 257 g/mol. The summed E-state index contributed by atoms with van der Waals surface area (Å²) < 4.78 is 0.372. The Balaban J connectivity index is 4.75. The first-order valence-corrected chi connectivity index (χ1v) is 6.08. The number of unbranched alkanes of at least 4 members (excludes halogenated alkanes) is 1. The van der Waals surface area contributed by atoms with Gasteiger partial charge in [-0.3, -0.25) is 4.79 Å². The van der Waals surface area contributed by atoms with E-state index in [1.165, 1.54) is 6.08 Å². The Labute approximate surface area is 108 Å². The quantitative estimate of drug-likeness (QED) is 0.356. The Hall–Kier alpha value is -1.20. The number of aliphatic hydroxyl groups excluding tert-OH is 1. The first-order chi connectivity index (χ1) is 8.19. The van der Waals surface area contributed by atoms with Crippen LogP contribution in [0.2, 0.25) is 0 Å². The van der Waals surface area contributed by atoms with Gasteiger partial charge in [-0.1, -0.05) is 19.4 Å². The van der Waals surface area contributed by atoms with Crippen molar-refractivity contribution in [2.24, 2.45) is 5.92 Å². The fraction of sp³-hybridized carbons (Fsp3) is 0.692. The minimum absolute atomic E-state index is 0.173. The minimum Gasteiger partial charge on any atom is -0.549 e. The highest BCUT2D eigenvalue weighted by molar-refractivity contribution is 6.04. The van der Waals surface area contributed by atoms with Crippen molar-refractivity contribution in [1.82, 2.24) is 0 Å². The van der Waals surface area contributed by atoms with Crippen molar-refractivity contribution in [3.63, 3.8) is 0 Å². The van der Waals surface area contributed by atoms with Crippen LogP contribution >= 0.6 is 0 Å². The summed E-state index contributed by atoms with van der Waals surface area (Å²) in [5, 5.41) is 20.8. The Kier molecular flexibility index (Phi) is 6.80. The van der Waals surface area contributed by atoms with Gasteiger partial charge in [0.15, 0.2) is 5.78 Å². The number of carbonyl (C=O) groups excluding carboxylic acids is 2. The fourth-order valence-electron chi connectivity index (χ4n) is 1.60. The zero-order valence-electron chi connectivity index (χ0n) is 11.5. The Morgan fingerprint density at radius 1 is 1.33 bits per heavy atom. The average molecular weight is 257 g/mol. The van der Waals surface area contributed by atoms with Gasteiger partial charge in [-0.05, 0) is 12.5 Å². The molecule has 18 heavy (non-hydrogen) atoms. The minimum atomic E-state index is -1.53. The van der Waals surface area contributed by atoms with Crippen LogP contribution in [0.3, 0.4) is 0 Å². The van der Waals surface area contributed by atoms with Crippen molar-refractivity contribution >= 4 is 11.8 Å². The van der Waals surface area contributed by atoms with E-state index in [-0.39, 0.29) is 6.54 Å². The van der Waals surface area contributed by atoms with E-state index in [0.717, 1.165) is 6.42 Å². The number of carboxylic acids is 1. The second-order valence-corrected chi connectivity index (χ2v) is 5.43. The molecule has 0 spiro atoms. The zero-order chi connectivity index (χ0) is 14.3. The molecule has 0 bridgehead atoms. The molecule has 104 valence electrons. The molecule has 0 heterocycles. The van der Waals surface area contributed by atoms with Crippen LogP contribution in [0.15, 0.2) is 12.2 Å². The molecular weight excluding hydrogens is 234 g/mol. The maximum Gasteiger partial charge on any atom is 0.166 e. The summed E-state index contributed by atoms with van der Waals surface area (Å²) in [7, 11) is 5.44. The summed E-state index contributed by atoms with van der Waals surface area (Å²) in [5.74, 6) is -3.62. The van der Waals surface area contributed by atoms with Gasteiger partial charge < -0.3 is 19.5 Å². The zero-order valence-corrected chi connectivity index (χ0v) is 11.5. The number of aliphatic hydroxyl groups is 1. The predicted octanol–water partition coefficient (Wildman–Crippen LogP) is -0.655. The molecule has 0 radical (unpaired) electrons. The van der Waals surface area contributed by atoms with Gasteiger partial charge >= 0.3 is 0 Å². The van der Waals surface area contributed by atoms with E-state index in [0.29, 0.717) is 10.9 Å². The number of likely N-dealkylation sites (N-methyl/N-ethyl adjacent to an activating group) is 1. The highest BCUT2D eigenvalue weighted by atomic mass is 16.4. The third-order valence-electron chi connectivity index (χ3n) is 2.42. The first-order valence-electron chi connectivity index (χ1n) is 6.08. The maximum atomic E-state index is 11.7. The van der Waals surface area contributed by atoms with Gasteiger partial charge in [0.2, 0.25) is 0 Å². The van der Waals surface area contributed by atoms with Crippen molar-refractivity contribution in [1.29, 1.82) is 0 Å². The van der Waals surface area contributed by atoms with Crippen LogP contribution in [0.5, 0.6) is 0 Å². The number of nitrogens with zero attached hydrogens (tertiary/aromatic N) is 1. The van der Waals surface area contributed by atoms with E-state index in [1.807, 2.05) is 28.1 Å². The van der Waals surface area contributed by atoms with Gasteiger partial charge in [0, 0.05) is 0 Å². The lowest BCUT2D eigenvalue weighted by atomic mass is 9.96. The van der Waals surface area contributed by atoms with Gasteiger partial charge in [0.25, 0.3) is 0 Å². The SMILES string of the molecule is CCC/C=C/C(=O)C(C(=O)[O-])C(O)C[N+](C)(C)C. The van der Waals surface area contributed by atoms with E-state index in [1.54, 1.807) is 6.08 Å². The van der Waals surface area contributed by atoms with Crippen LogP contribution in [0.4, 0.5) is 0 Å². The van der Waals surface area contributed by atoms with Crippen LogP contribution in [0, 0.1) is 5.92 Å². The van der Waals surface area contributed by atoms with Crippen LogP contribution in [-0.2, 0) is 9.59 Å². The summed E-state index contributed by atoms with van der Waals surface area (Å²) in [6, 6.07) is 0. The molecule has 0 aromatic rings. The number of hydrogen-bond donors (Lipinski definition) is 1. The third-order valence-corrected chi connectivity index (χ3v) is 2.42. The molecule has 0 rings (SSSR count). The van der Waals surface area contributed by atoms with E-state index in [2.05, 4.69) is 0 Å². The molecular formula is C13H23NO4. The van der Waals surface area contributed by atoms with Crippen molar-refractivity contribution in [2.45, 2.75) is 25.9 Å². The van der Waals surface area contributed by atoms with E-state index in [9.17, 15) is 19.8 Å². The smallest absolute Gasteiger partial charge is 0.166 e. The Bertz CT molecular complexity index is 317. The number of hydrogen-bond acceptors (Lipinski definition) is 4. The molecule has 0 saturated heterocycles. The fourth-order valence-corrected chi connectivity index (χ4v) is 1.60. The highest BCUT2D eigenvalue weighted by Gasteiger charge is 2.30. The van der Waals surface area contributed by atoms with Gasteiger partial charge in [0.05, 0.1) is 33.0 Å². The Morgan fingerprint density at radius 2 is 1.89 bits per heavy atom. The van der Waals surface area contributed by atoms with Crippen molar-refractivity contribution < 1.29 is 24.3 Å². The van der Waals surface area contributed by atoms with Crippen molar-refractivity contribution in [3.05, 3.63) is 12.2 Å². The third kappa shape index (κ3) is 6.51. The lowest BCUT2D eigenvalue weighted by Crippen LogP contribution is -2.50. The number of carbonyl (C=O) groups is 2. The number of quaternary nitrogens is 1. The standard InChI is InChI=1S/C13H23NO4/c1-5-6-7-8-10(15)12(13(17)18)11(16)9-14(2,3)4/h7-8,11-12,16H,5-6,9H2,1-4H3/b8-7+. The summed E-state index contributed by atoms with van der Waals surface area (Å²) >= 11 is 0. The van der Waals surface area contributed by atoms with E-state index < -0.39 is 23.8 Å². The second-order valence-electron chi connectivity index (χ2n) is 5.43. The highest BCUT2D eigenvalue weighted by Crippen LogP contribution is 2.10. The normalized spacial score (nSPS) is 15.6. The molecule has 2 atom stereocenters. The molecule has 5 heteroatoms. The van der Waals surface area contributed by atoms with Crippen LogP contribution in [0.1, 0.15) is 19.8 Å².